The van der Waals surface area contributed by atoms with E-state index >= 15 is 0 Å². The van der Waals surface area contributed by atoms with Gasteiger partial charge in [-0.1, -0.05) is 17.6 Å². The molecule has 2 unspecified atom stereocenters. The highest BCUT2D eigenvalue weighted by molar-refractivity contribution is 7.13. The molecule has 3 N–H and O–H groups in total. The first-order valence-corrected chi connectivity index (χ1v) is 8.50. The number of aromatic nitrogens is 2. The van der Waals surface area contributed by atoms with Gasteiger partial charge in [0.15, 0.2) is 0 Å². The molecular weight excluding hydrogens is 336 g/mol. The fraction of sp³-hybridized carbons (Fsp3) is 0.533. The summed E-state index contributed by atoms with van der Waals surface area (Å²) >= 11 is 1.56. The van der Waals surface area contributed by atoms with Crippen molar-refractivity contribution in [1.29, 1.82) is 0 Å². The summed E-state index contributed by atoms with van der Waals surface area (Å²) in [7, 11) is 0. The third-order valence-corrected chi connectivity index (χ3v) is 4.95. The Morgan fingerprint density at radius 2 is 2.35 bits per heavy atom. The van der Waals surface area contributed by atoms with Crippen LogP contribution in [0.1, 0.15) is 31.6 Å². The number of amides is 1. The zero-order valence-corrected chi connectivity index (χ0v) is 14.4. The largest absolute Gasteiger partial charge is 0.353 e. The zero-order valence-electron chi connectivity index (χ0n) is 12.7. The van der Waals surface area contributed by atoms with Gasteiger partial charge >= 0.3 is 0 Å². The quantitative estimate of drug-likeness (QED) is 0.828. The smallest absolute Gasteiger partial charge is 0.227 e. The van der Waals surface area contributed by atoms with E-state index in [1.54, 1.807) is 11.3 Å². The molecule has 23 heavy (non-hydrogen) atoms. The van der Waals surface area contributed by atoms with Crippen LogP contribution >= 0.6 is 23.7 Å². The number of carbonyl (C=O) groups excluding carboxylic acids is 1. The molecule has 0 radical (unpaired) electrons. The molecule has 1 saturated carbocycles. The van der Waals surface area contributed by atoms with E-state index in [2.05, 4.69) is 15.5 Å². The van der Waals surface area contributed by atoms with E-state index in [0.717, 1.165) is 24.1 Å². The maximum atomic E-state index is 12.0. The molecule has 2 aromatic heterocycles. The average Bonchev–Trinajstić information content (AvgIpc) is 3.25. The fourth-order valence-corrected chi connectivity index (χ4v) is 3.52. The topological polar surface area (TPSA) is 94.0 Å². The molecule has 0 aliphatic heterocycles. The van der Waals surface area contributed by atoms with Crippen molar-refractivity contribution < 1.29 is 9.32 Å². The maximum absolute atomic E-state index is 12.0. The van der Waals surface area contributed by atoms with Crippen molar-refractivity contribution in [2.24, 2.45) is 11.7 Å². The number of hydrogen-bond donors (Lipinski definition) is 2. The predicted molar refractivity (Wildman–Crippen MR) is 91.5 cm³/mol. The van der Waals surface area contributed by atoms with E-state index in [0.29, 0.717) is 37.0 Å². The molecule has 0 spiro atoms. The van der Waals surface area contributed by atoms with Gasteiger partial charge in [-0.15, -0.1) is 23.7 Å². The van der Waals surface area contributed by atoms with E-state index < -0.39 is 0 Å². The fourth-order valence-electron chi connectivity index (χ4n) is 2.87. The van der Waals surface area contributed by atoms with Crippen LogP contribution in [0.2, 0.25) is 0 Å². The number of hydrogen-bond acceptors (Lipinski definition) is 6. The van der Waals surface area contributed by atoms with Crippen LogP contribution in [0.15, 0.2) is 22.0 Å². The lowest BCUT2D eigenvalue weighted by molar-refractivity contribution is -0.122. The minimum Gasteiger partial charge on any atom is -0.353 e. The van der Waals surface area contributed by atoms with Crippen molar-refractivity contribution in [3.05, 3.63) is 23.4 Å². The number of aryl methyl sites for hydroxylation is 1. The van der Waals surface area contributed by atoms with Crippen molar-refractivity contribution in [2.75, 3.05) is 6.54 Å². The van der Waals surface area contributed by atoms with Crippen molar-refractivity contribution in [3.8, 4) is 10.7 Å². The van der Waals surface area contributed by atoms with Gasteiger partial charge < -0.3 is 15.6 Å². The van der Waals surface area contributed by atoms with Gasteiger partial charge in [-0.2, -0.15) is 4.98 Å². The van der Waals surface area contributed by atoms with Gasteiger partial charge in [-0.3, -0.25) is 4.79 Å². The first-order chi connectivity index (χ1) is 10.8. The monoisotopic (exact) mass is 356 g/mol. The summed E-state index contributed by atoms with van der Waals surface area (Å²) in [5.74, 6) is 1.53. The Bertz CT molecular complexity index is 617. The zero-order chi connectivity index (χ0) is 15.4. The number of nitrogens with one attached hydrogen (secondary N) is 1. The molecule has 1 aliphatic carbocycles. The van der Waals surface area contributed by atoms with Gasteiger partial charge in [0, 0.05) is 18.9 Å². The van der Waals surface area contributed by atoms with Gasteiger partial charge in [0.05, 0.1) is 4.88 Å². The molecule has 6 nitrogen and oxygen atoms in total. The van der Waals surface area contributed by atoms with Gasteiger partial charge in [-0.05, 0) is 36.8 Å². The lowest BCUT2D eigenvalue weighted by atomic mass is 10.0. The summed E-state index contributed by atoms with van der Waals surface area (Å²) in [5.41, 5.74) is 5.73. The van der Waals surface area contributed by atoms with Crippen LogP contribution in [-0.4, -0.2) is 28.6 Å². The second-order valence-corrected chi connectivity index (χ2v) is 6.54. The summed E-state index contributed by atoms with van der Waals surface area (Å²) in [6.45, 7) is 0.638. The van der Waals surface area contributed by atoms with Gasteiger partial charge in [0.2, 0.25) is 17.6 Å². The number of rotatable bonds is 6. The van der Waals surface area contributed by atoms with Crippen LogP contribution in [-0.2, 0) is 11.2 Å². The molecule has 0 aromatic carbocycles. The second kappa shape index (κ2) is 8.42. The van der Waals surface area contributed by atoms with Crippen LogP contribution in [0.25, 0.3) is 10.7 Å². The number of carbonyl (C=O) groups is 1. The molecular formula is C15H21ClN4O2S. The van der Waals surface area contributed by atoms with Crippen LogP contribution in [0.4, 0.5) is 0 Å². The molecule has 2 heterocycles. The molecule has 3 rings (SSSR count). The highest BCUT2D eigenvalue weighted by Crippen LogP contribution is 2.25. The summed E-state index contributed by atoms with van der Waals surface area (Å²) in [6, 6.07) is 4.11. The average molecular weight is 357 g/mol. The Hall–Kier alpha value is -1.44. The Balaban J connectivity index is 0.00000192. The van der Waals surface area contributed by atoms with E-state index in [1.165, 1.54) is 0 Å². The minimum atomic E-state index is 0. The van der Waals surface area contributed by atoms with E-state index in [9.17, 15) is 4.79 Å². The molecule has 0 saturated heterocycles. The van der Waals surface area contributed by atoms with Crippen LogP contribution in [0.3, 0.4) is 0 Å². The SMILES string of the molecule is Cl.NCC1CCCC1NC(=O)CCc1nc(-c2cccs2)no1. The lowest BCUT2D eigenvalue weighted by Gasteiger charge is -2.19. The summed E-state index contributed by atoms with van der Waals surface area (Å²) < 4.78 is 5.20. The van der Waals surface area contributed by atoms with Gasteiger partial charge in [0.25, 0.3) is 0 Å². The Kier molecular flexibility index (Phi) is 6.56. The standard InChI is InChI=1S/C15H20N4O2S.ClH/c16-9-10-3-1-4-11(10)17-13(20)6-7-14-18-15(19-21-14)12-5-2-8-22-12;/h2,5,8,10-11H,1,3-4,6-7,9,16H2,(H,17,20);1H. The second-order valence-electron chi connectivity index (χ2n) is 5.59. The van der Waals surface area contributed by atoms with Crippen molar-refractivity contribution in [1.82, 2.24) is 15.5 Å². The third kappa shape index (κ3) is 4.53. The van der Waals surface area contributed by atoms with E-state index in [4.69, 9.17) is 10.3 Å². The lowest BCUT2D eigenvalue weighted by Crippen LogP contribution is -2.39. The Morgan fingerprint density at radius 1 is 1.48 bits per heavy atom. The number of halogens is 1. The van der Waals surface area contributed by atoms with Crippen LogP contribution in [0, 0.1) is 5.92 Å². The summed E-state index contributed by atoms with van der Waals surface area (Å²) in [4.78, 5) is 17.3. The molecule has 2 atom stereocenters. The highest BCUT2D eigenvalue weighted by atomic mass is 35.5. The van der Waals surface area contributed by atoms with Gasteiger partial charge in [-0.25, -0.2) is 0 Å². The van der Waals surface area contributed by atoms with Crippen molar-refractivity contribution in [2.45, 2.75) is 38.1 Å². The molecule has 8 heteroatoms. The summed E-state index contributed by atoms with van der Waals surface area (Å²) in [6.07, 6.45) is 4.09. The number of nitrogens with zero attached hydrogens (tertiary/aromatic N) is 2. The van der Waals surface area contributed by atoms with Crippen LogP contribution < -0.4 is 11.1 Å². The van der Waals surface area contributed by atoms with Gasteiger partial charge in [0.1, 0.15) is 0 Å². The highest BCUT2D eigenvalue weighted by Gasteiger charge is 2.27. The predicted octanol–water partition coefficient (Wildman–Crippen LogP) is 2.40. The molecule has 1 fully saturated rings. The normalized spacial score (nSPS) is 20.2. The van der Waals surface area contributed by atoms with Crippen molar-refractivity contribution in [3.63, 3.8) is 0 Å². The Labute approximate surface area is 145 Å². The number of nitrogens with two attached hydrogens (primary N) is 1. The molecule has 1 amide bonds. The first kappa shape index (κ1) is 17.9. The maximum Gasteiger partial charge on any atom is 0.227 e. The molecule has 1 aliphatic rings. The van der Waals surface area contributed by atoms with Crippen molar-refractivity contribution >= 4 is 29.7 Å². The van der Waals surface area contributed by atoms with E-state index in [-0.39, 0.29) is 24.4 Å². The number of thiophene rings is 1. The van der Waals surface area contributed by atoms with Crippen LogP contribution in [0.5, 0.6) is 0 Å². The molecule has 2 aromatic rings. The Morgan fingerprint density at radius 3 is 3.09 bits per heavy atom. The third-order valence-electron chi connectivity index (χ3n) is 4.08. The van der Waals surface area contributed by atoms with E-state index in [1.807, 2.05) is 17.5 Å². The first-order valence-electron chi connectivity index (χ1n) is 7.62. The minimum absolute atomic E-state index is 0. The molecule has 126 valence electrons. The molecule has 0 bridgehead atoms. The summed E-state index contributed by atoms with van der Waals surface area (Å²) in [5, 5.41) is 8.99.